The lowest BCUT2D eigenvalue weighted by atomic mass is 10.1. The van der Waals surface area contributed by atoms with E-state index in [4.69, 9.17) is 0 Å². The molecule has 0 atom stereocenters. The molecule has 150 valence electrons. The highest BCUT2D eigenvalue weighted by Crippen LogP contribution is 2.17. The van der Waals surface area contributed by atoms with E-state index >= 15 is 0 Å². The van der Waals surface area contributed by atoms with E-state index in [1.807, 2.05) is 41.5 Å². The van der Waals surface area contributed by atoms with Crippen LogP contribution < -0.4 is 5.32 Å². The van der Waals surface area contributed by atoms with Gasteiger partial charge in [-0.25, -0.2) is 0 Å². The maximum absolute atomic E-state index is 13.1. The molecule has 1 aliphatic heterocycles. The summed E-state index contributed by atoms with van der Waals surface area (Å²) in [5.74, 6) is -0.311. The second-order valence-electron chi connectivity index (χ2n) is 7.29. The molecule has 1 aromatic carbocycles. The van der Waals surface area contributed by atoms with Gasteiger partial charge in [-0.2, -0.15) is 5.10 Å². The van der Waals surface area contributed by atoms with Gasteiger partial charge in [0.1, 0.15) is 5.69 Å². The molecule has 2 amide bonds. The fraction of sp³-hybridized carbons (Fsp3) is 0.318. The molecule has 2 aromatic heterocycles. The monoisotopic (exact) mass is 408 g/mol. The van der Waals surface area contributed by atoms with Crippen LogP contribution in [0.25, 0.3) is 0 Å². The van der Waals surface area contributed by atoms with Crippen molar-refractivity contribution in [2.45, 2.75) is 32.9 Å². The first-order chi connectivity index (χ1) is 14.1. The Hall–Kier alpha value is -2.93. The minimum atomic E-state index is -0.236. The van der Waals surface area contributed by atoms with E-state index in [9.17, 15) is 9.59 Å². The number of fused-ring (bicyclic) bond motifs is 1. The Balaban J connectivity index is 1.43. The van der Waals surface area contributed by atoms with Gasteiger partial charge in [0, 0.05) is 37.1 Å². The normalized spacial score (nSPS) is 13.8. The number of carbonyl (C=O) groups is 2. The van der Waals surface area contributed by atoms with Gasteiger partial charge in [0.05, 0.1) is 0 Å². The lowest BCUT2D eigenvalue weighted by Crippen LogP contribution is -2.30. The Morgan fingerprint density at radius 2 is 2.10 bits per heavy atom. The van der Waals surface area contributed by atoms with E-state index in [0.29, 0.717) is 37.6 Å². The zero-order chi connectivity index (χ0) is 20.2. The molecule has 0 radical (unpaired) electrons. The van der Waals surface area contributed by atoms with Crippen LogP contribution in [0.2, 0.25) is 0 Å². The van der Waals surface area contributed by atoms with E-state index in [-0.39, 0.29) is 11.8 Å². The predicted octanol–water partition coefficient (Wildman–Crippen LogP) is 3.27. The summed E-state index contributed by atoms with van der Waals surface area (Å²) in [7, 11) is 0. The molecule has 4 rings (SSSR count). The van der Waals surface area contributed by atoms with Crippen LogP contribution in [0.1, 0.15) is 43.4 Å². The van der Waals surface area contributed by atoms with Crippen molar-refractivity contribution >= 4 is 23.2 Å². The third-order valence-electron chi connectivity index (χ3n) is 5.01. The SMILES string of the molecule is Cc1cccc(CN2CCCn3nc(C(=O)NCCc4cccs4)cc3C2=O)c1. The quantitative estimate of drug-likeness (QED) is 0.681. The predicted molar refractivity (Wildman–Crippen MR) is 113 cm³/mol. The number of nitrogens with zero attached hydrogens (tertiary/aromatic N) is 3. The van der Waals surface area contributed by atoms with Gasteiger partial charge in [-0.15, -0.1) is 11.3 Å². The van der Waals surface area contributed by atoms with Crippen molar-refractivity contribution in [2.24, 2.45) is 0 Å². The molecule has 0 unspecified atom stereocenters. The molecule has 29 heavy (non-hydrogen) atoms. The van der Waals surface area contributed by atoms with Gasteiger partial charge in [-0.1, -0.05) is 35.9 Å². The summed E-state index contributed by atoms with van der Waals surface area (Å²) in [4.78, 5) is 28.6. The van der Waals surface area contributed by atoms with Gasteiger partial charge < -0.3 is 10.2 Å². The van der Waals surface area contributed by atoms with E-state index in [0.717, 1.165) is 18.4 Å². The molecule has 0 saturated carbocycles. The highest BCUT2D eigenvalue weighted by atomic mass is 32.1. The summed E-state index contributed by atoms with van der Waals surface area (Å²) < 4.78 is 1.67. The number of thiophene rings is 1. The number of aromatic nitrogens is 2. The summed E-state index contributed by atoms with van der Waals surface area (Å²) in [6, 6.07) is 13.9. The molecule has 3 heterocycles. The van der Waals surface area contributed by atoms with Gasteiger partial charge in [-0.05, 0) is 36.8 Å². The highest BCUT2D eigenvalue weighted by molar-refractivity contribution is 7.09. The molecule has 1 N–H and O–H groups in total. The fourth-order valence-electron chi connectivity index (χ4n) is 3.57. The Morgan fingerprint density at radius 1 is 1.21 bits per heavy atom. The third-order valence-corrected chi connectivity index (χ3v) is 5.95. The Labute approximate surface area is 174 Å². The molecular formula is C22H24N4O2S. The first-order valence-electron chi connectivity index (χ1n) is 9.83. The number of hydrogen-bond donors (Lipinski definition) is 1. The largest absolute Gasteiger partial charge is 0.350 e. The average Bonchev–Trinajstić information content (AvgIpc) is 3.34. The molecule has 0 saturated heterocycles. The molecular weight excluding hydrogens is 384 g/mol. The van der Waals surface area contributed by atoms with Crippen molar-refractivity contribution in [3.8, 4) is 0 Å². The van der Waals surface area contributed by atoms with Crippen LogP contribution in [0.4, 0.5) is 0 Å². The molecule has 3 aromatic rings. The van der Waals surface area contributed by atoms with Crippen LogP contribution in [0, 0.1) is 6.92 Å². The van der Waals surface area contributed by atoms with Crippen molar-refractivity contribution in [1.29, 1.82) is 0 Å². The van der Waals surface area contributed by atoms with E-state index in [1.54, 1.807) is 22.1 Å². The topological polar surface area (TPSA) is 67.2 Å². The average molecular weight is 409 g/mol. The summed E-state index contributed by atoms with van der Waals surface area (Å²) in [6.45, 7) is 4.47. The summed E-state index contributed by atoms with van der Waals surface area (Å²) >= 11 is 1.68. The summed E-state index contributed by atoms with van der Waals surface area (Å²) in [5.41, 5.74) is 3.07. The molecule has 0 fully saturated rings. The number of amides is 2. The van der Waals surface area contributed by atoms with Crippen LogP contribution in [0.15, 0.2) is 47.8 Å². The summed E-state index contributed by atoms with van der Waals surface area (Å²) in [5, 5.41) is 9.32. The van der Waals surface area contributed by atoms with E-state index in [2.05, 4.69) is 22.5 Å². The Morgan fingerprint density at radius 3 is 2.90 bits per heavy atom. The molecule has 0 bridgehead atoms. The molecule has 6 nitrogen and oxygen atoms in total. The number of aryl methyl sites for hydroxylation is 2. The van der Waals surface area contributed by atoms with Crippen molar-refractivity contribution in [3.63, 3.8) is 0 Å². The first-order valence-corrected chi connectivity index (χ1v) is 10.7. The smallest absolute Gasteiger partial charge is 0.272 e. The van der Waals surface area contributed by atoms with Crippen LogP contribution in [0.5, 0.6) is 0 Å². The lowest BCUT2D eigenvalue weighted by molar-refractivity contribution is 0.0745. The van der Waals surface area contributed by atoms with Crippen LogP contribution in [-0.4, -0.2) is 39.6 Å². The van der Waals surface area contributed by atoms with Crippen LogP contribution in [0.3, 0.4) is 0 Å². The van der Waals surface area contributed by atoms with Gasteiger partial charge in [0.25, 0.3) is 11.8 Å². The van der Waals surface area contributed by atoms with E-state index < -0.39 is 0 Å². The minimum absolute atomic E-state index is 0.0749. The second kappa shape index (κ2) is 8.61. The van der Waals surface area contributed by atoms with Gasteiger partial charge in [0.2, 0.25) is 0 Å². The maximum atomic E-state index is 13.1. The standard InChI is InChI=1S/C22H24N4O2S/c1-16-5-2-6-17(13-16)15-25-10-4-11-26-20(22(25)28)14-19(24-26)21(27)23-9-8-18-7-3-12-29-18/h2-3,5-7,12-14H,4,8-11,15H2,1H3,(H,23,27). The Kier molecular flexibility index (Phi) is 5.76. The molecule has 0 aliphatic carbocycles. The number of benzene rings is 1. The van der Waals surface area contributed by atoms with Crippen LogP contribution >= 0.6 is 11.3 Å². The highest BCUT2D eigenvalue weighted by Gasteiger charge is 2.26. The van der Waals surface area contributed by atoms with Gasteiger partial charge in [0.15, 0.2) is 5.69 Å². The van der Waals surface area contributed by atoms with Crippen LogP contribution in [-0.2, 0) is 19.5 Å². The van der Waals surface area contributed by atoms with E-state index in [1.165, 1.54) is 10.4 Å². The number of rotatable bonds is 6. The van der Waals surface area contributed by atoms with Crippen molar-refractivity contribution in [1.82, 2.24) is 20.0 Å². The number of hydrogen-bond acceptors (Lipinski definition) is 4. The maximum Gasteiger partial charge on any atom is 0.272 e. The van der Waals surface area contributed by atoms with Gasteiger partial charge >= 0.3 is 0 Å². The van der Waals surface area contributed by atoms with Crippen molar-refractivity contribution in [3.05, 3.63) is 75.2 Å². The molecule has 1 aliphatic rings. The second-order valence-corrected chi connectivity index (χ2v) is 8.32. The number of carbonyl (C=O) groups excluding carboxylic acids is 2. The number of nitrogens with one attached hydrogen (secondary N) is 1. The third kappa shape index (κ3) is 4.56. The minimum Gasteiger partial charge on any atom is -0.350 e. The Bertz CT molecular complexity index is 1010. The van der Waals surface area contributed by atoms with Gasteiger partial charge in [-0.3, -0.25) is 14.3 Å². The molecule has 0 spiro atoms. The first kappa shape index (κ1) is 19.4. The summed E-state index contributed by atoms with van der Waals surface area (Å²) in [6.07, 6.45) is 1.60. The zero-order valence-electron chi connectivity index (χ0n) is 16.4. The fourth-order valence-corrected chi connectivity index (χ4v) is 4.28. The van der Waals surface area contributed by atoms with Crippen molar-refractivity contribution in [2.75, 3.05) is 13.1 Å². The molecule has 7 heteroatoms. The zero-order valence-corrected chi connectivity index (χ0v) is 17.2. The lowest BCUT2D eigenvalue weighted by Gasteiger charge is -2.20. The van der Waals surface area contributed by atoms with Crippen molar-refractivity contribution < 1.29 is 9.59 Å².